The molecule has 1 fully saturated rings. The Labute approximate surface area is 211 Å². The highest BCUT2D eigenvalue weighted by molar-refractivity contribution is 6.05. The number of methoxy groups -OCH3 is 1. The van der Waals surface area contributed by atoms with E-state index in [1.54, 1.807) is 19.2 Å². The van der Waals surface area contributed by atoms with Gasteiger partial charge in [-0.25, -0.2) is 5.01 Å². The highest BCUT2D eigenvalue weighted by Gasteiger charge is 2.34. The summed E-state index contributed by atoms with van der Waals surface area (Å²) >= 11 is 0. The molecule has 0 bridgehead atoms. The number of hydrazone groups is 1. The number of likely N-dealkylation sites (tertiary alicyclic amines) is 1. The van der Waals surface area contributed by atoms with E-state index < -0.39 is 0 Å². The zero-order valence-corrected chi connectivity index (χ0v) is 20.8. The number of carbonyl (C=O) groups excluding carboxylic acids is 2. The Morgan fingerprint density at radius 1 is 1.00 bits per heavy atom. The Balaban J connectivity index is 1.38. The van der Waals surface area contributed by atoms with Gasteiger partial charge in [-0.05, 0) is 66.0 Å². The summed E-state index contributed by atoms with van der Waals surface area (Å²) in [7, 11) is 3.32. The standard InChI is InChI=1S/C29H32N4O3/c1-30-29(35)22-13-15-32(16-14-22)19-28(34)33-27(21-9-11-25(36-2)12-10-21)18-26(31-33)24-8-7-20-5-3-4-6-23(20)17-24/h3-12,17,22,27H,13-16,18-19H2,1-2H3,(H,30,35)/t27-/m1/s1. The molecule has 0 unspecified atom stereocenters. The third-order valence-electron chi connectivity index (χ3n) is 7.31. The van der Waals surface area contributed by atoms with Crippen LogP contribution in [0.5, 0.6) is 5.75 Å². The molecule has 1 atom stereocenters. The van der Waals surface area contributed by atoms with Crippen molar-refractivity contribution < 1.29 is 14.3 Å². The molecule has 7 heteroatoms. The first-order valence-electron chi connectivity index (χ1n) is 12.5. The van der Waals surface area contributed by atoms with Crippen molar-refractivity contribution in [2.24, 2.45) is 11.0 Å². The van der Waals surface area contributed by atoms with E-state index in [9.17, 15) is 9.59 Å². The summed E-state index contributed by atoms with van der Waals surface area (Å²) < 4.78 is 5.33. The highest BCUT2D eigenvalue weighted by Crippen LogP contribution is 2.34. The molecule has 5 rings (SSSR count). The van der Waals surface area contributed by atoms with Gasteiger partial charge in [0.2, 0.25) is 5.91 Å². The number of benzene rings is 3. The molecule has 36 heavy (non-hydrogen) atoms. The van der Waals surface area contributed by atoms with Crippen LogP contribution in [-0.2, 0) is 9.59 Å². The fourth-order valence-corrected chi connectivity index (χ4v) is 5.19. The van der Waals surface area contributed by atoms with E-state index in [1.165, 1.54) is 5.39 Å². The first-order chi connectivity index (χ1) is 17.6. The van der Waals surface area contributed by atoms with E-state index in [4.69, 9.17) is 9.84 Å². The van der Waals surface area contributed by atoms with Gasteiger partial charge in [0.15, 0.2) is 0 Å². The van der Waals surface area contributed by atoms with E-state index in [0.717, 1.165) is 53.9 Å². The van der Waals surface area contributed by atoms with Gasteiger partial charge < -0.3 is 10.1 Å². The second-order valence-corrected chi connectivity index (χ2v) is 9.50. The lowest BCUT2D eigenvalue weighted by Gasteiger charge is -2.32. The maximum Gasteiger partial charge on any atom is 0.257 e. The molecule has 186 valence electrons. The van der Waals surface area contributed by atoms with Gasteiger partial charge in [-0.3, -0.25) is 14.5 Å². The molecular weight excluding hydrogens is 452 g/mol. The van der Waals surface area contributed by atoms with Crippen molar-refractivity contribution in [2.75, 3.05) is 33.8 Å². The Kier molecular flexibility index (Phi) is 7.00. The van der Waals surface area contributed by atoms with Crippen LogP contribution >= 0.6 is 0 Å². The molecule has 0 aliphatic carbocycles. The summed E-state index contributed by atoms with van der Waals surface area (Å²) in [5.74, 6) is 0.872. The van der Waals surface area contributed by atoms with Gasteiger partial charge in [0.1, 0.15) is 5.75 Å². The number of nitrogens with zero attached hydrogens (tertiary/aromatic N) is 3. The SMILES string of the molecule is CNC(=O)C1CCN(CC(=O)N2N=C(c3ccc4ccccc4c3)C[C@@H]2c2ccc(OC)cc2)CC1. The van der Waals surface area contributed by atoms with Gasteiger partial charge in [-0.1, -0.05) is 48.5 Å². The van der Waals surface area contributed by atoms with E-state index >= 15 is 0 Å². The van der Waals surface area contributed by atoms with Gasteiger partial charge in [0.25, 0.3) is 5.91 Å². The van der Waals surface area contributed by atoms with Gasteiger partial charge >= 0.3 is 0 Å². The van der Waals surface area contributed by atoms with Crippen molar-refractivity contribution in [1.29, 1.82) is 0 Å². The number of rotatable bonds is 6. The lowest BCUT2D eigenvalue weighted by atomic mass is 9.96. The van der Waals surface area contributed by atoms with Crippen molar-refractivity contribution in [2.45, 2.75) is 25.3 Å². The molecule has 0 aromatic heterocycles. The molecular formula is C29H32N4O3. The summed E-state index contributed by atoms with van der Waals surface area (Å²) in [5.41, 5.74) is 2.98. The lowest BCUT2D eigenvalue weighted by Crippen LogP contribution is -2.44. The molecule has 2 aliphatic rings. The molecule has 0 spiro atoms. The molecule has 1 saturated heterocycles. The van der Waals surface area contributed by atoms with Gasteiger partial charge in [-0.2, -0.15) is 5.10 Å². The molecule has 1 N–H and O–H groups in total. The number of fused-ring (bicyclic) bond motifs is 1. The Bertz CT molecular complexity index is 1280. The fourth-order valence-electron chi connectivity index (χ4n) is 5.19. The molecule has 0 saturated carbocycles. The van der Waals surface area contributed by atoms with Crippen molar-refractivity contribution >= 4 is 28.3 Å². The minimum atomic E-state index is -0.173. The molecule has 0 radical (unpaired) electrons. The third-order valence-corrected chi connectivity index (χ3v) is 7.31. The first kappa shape index (κ1) is 24.0. The number of hydrogen-bond acceptors (Lipinski definition) is 5. The van der Waals surface area contributed by atoms with E-state index in [0.29, 0.717) is 13.0 Å². The number of hydrogen-bond donors (Lipinski definition) is 1. The zero-order valence-electron chi connectivity index (χ0n) is 20.8. The highest BCUT2D eigenvalue weighted by atomic mass is 16.5. The predicted molar refractivity (Wildman–Crippen MR) is 141 cm³/mol. The van der Waals surface area contributed by atoms with Crippen LogP contribution in [0.2, 0.25) is 0 Å². The number of ether oxygens (including phenoxy) is 1. The zero-order chi connectivity index (χ0) is 25.1. The largest absolute Gasteiger partial charge is 0.497 e. The van der Waals surface area contributed by atoms with Gasteiger partial charge in [0, 0.05) is 19.4 Å². The van der Waals surface area contributed by atoms with Crippen LogP contribution in [0.15, 0.2) is 71.8 Å². The minimum Gasteiger partial charge on any atom is -0.497 e. The van der Waals surface area contributed by atoms with Crippen LogP contribution in [-0.4, -0.2) is 61.2 Å². The monoisotopic (exact) mass is 484 g/mol. The predicted octanol–water partition coefficient (Wildman–Crippen LogP) is 3.98. The average molecular weight is 485 g/mol. The smallest absolute Gasteiger partial charge is 0.257 e. The van der Waals surface area contributed by atoms with E-state index in [-0.39, 0.29) is 23.8 Å². The van der Waals surface area contributed by atoms with Gasteiger partial charge in [0.05, 0.1) is 25.4 Å². The van der Waals surface area contributed by atoms with Crippen molar-refractivity contribution in [1.82, 2.24) is 15.2 Å². The fraction of sp³-hybridized carbons (Fsp3) is 0.345. The van der Waals surface area contributed by atoms with E-state index in [2.05, 4.69) is 40.5 Å². The average Bonchev–Trinajstić information content (AvgIpc) is 3.38. The summed E-state index contributed by atoms with van der Waals surface area (Å²) in [6, 6.07) is 22.3. The topological polar surface area (TPSA) is 74.2 Å². The first-order valence-corrected chi connectivity index (χ1v) is 12.5. The normalized spacial score (nSPS) is 18.8. The number of piperidine rings is 1. The lowest BCUT2D eigenvalue weighted by molar-refractivity contribution is -0.134. The van der Waals surface area contributed by atoms with Gasteiger partial charge in [-0.15, -0.1) is 0 Å². The summed E-state index contributed by atoms with van der Waals surface area (Å²) in [5, 5.41) is 11.6. The molecule has 2 amide bonds. The van der Waals surface area contributed by atoms with Crippen molar-refractivity contribution in [3.8, 4) is 5.75 Å². The van der Waals surface area contributed by atoms with Crippen LogP contribution in [0.4, 0.5) is 0 Å². The quantitative estimate of drug-likeness (QED) is 0.574. The van der Waals surface area contributed by atoms with Crippen molar-refractivity contribution in [3.05, 3.63) is 77.9 Å². The molecule has 3 aromatic carbocycles. The van der Waals surface area contributed by atoms with Crippen LogP contribution in [0, 0.1) is 5.92 Å². The maximum atomic E-state index is 13.6. The number of nitrogens with one attached hydrogen (secondary N) is 1. The Hall–Kier alpha value is -3.71. The summed E-state index contributed by atoms with van der Waals surface area (Å²) in [4.78, 5) is 27.7. The second-order valence-electron chi connectivity index (χ2n) is 9.50. The van der Waals surface area contributed by atoms with Crippen LogP contribution in [0.3, 0.4) is 0 Å². The van der Waals surface area contributed by atoms with Crippen LogP contribution in [0.1, 0.15) is 36.4 Å². The maximum absolute atomic E-state index is 13.6. The molecule has 7 nitrogen and oxygen atoms in total. The van der Waals surface area contributed by atoms with Crippen molar-refractivity contribution in [3.63, 3.8) is 0 Å². The Morgan fingerprint density at radius 2 is 1.72 bits per heavy atom. The summed E-state index contributed by atoms with van der Waals surface area (Å²) in [6.07, 6.45) is 2.18. The molecule has 3 aromatic rings. The summed E-state index contributed by atoms with van der Waals surface area (Å²) in [6.45, 7) is 1.75. The second kappa shape index (κ2) is 10.5. The molecule has 2 aliphatic heterocycles. The van der Waals surface area contributed by atoms with Crippen LogP contribution < -0.4 is 10.1 Å². The Morgan fingerprint density at radius 3 is 2.42 bits per heavy atom. The number of amides is 2. The number of carbonyl (C=O) groups is 2. The molecule has 2 heterocycles. The van der Waals surface area contributed by atoms with E-state index in [1.807, 2.05) is 36.4 Å². The third kappa shape index (κ3) is 4.97. The minimum absolute atomic E-state index is 0.0231. The van der Waals surface area contributed by atoms with Crippen LogP contribution in [0.25, 0.3) is 10.8 Å².